The monoisotopic (exact) mass is 480 g/mol. The molecule has 0 bridgehead atoms. The predicted octanol–water partition coefficient (Wildman–Crippen LogP) is 6.21. The average Bonchev–Trinajstić information content (AvgIpc) is 3.31. The van der Waals surface area contributed by atoms with Crippen molar-refractivity contribution in [3.05, 3.63) is 71.0 Å². The summed E-state index contributed by atoms with van der Waals surface area (Å²) in [6.07, 6.45) is 0.357. The second-order valence-electron chi connectivity index (χ2n) is 8.89. The Kier molecular flexibility index (Phi) is 6.71. The summed E-state index contributed by atoms with van der Waals surface area (Å²) in [5.41, 5.74) is 0.672. The van der Waals surface area contributed by atoms with Gasteiger partial charge in [0.15, 0.2) is 0 Å². The molecular weight excluding hydrogens is 455 g/mol. The lowest BCUT2D eigenvalue weighted by molar-refractivity contribution is -0.146. The molecule has 0 amide bonds. The first-order valence-corrected chi connectivity index (χ1v) is 11.1. The van der Waals surface area contributed by atoms with E-state index in [4.69, 9.17) is 4.74 Å². The van der Waals surface area contributed by atoms with Gasteiger partial charge in [0, 0.05) is 17.9 Å². The van der Waals surface area contributed by atoms with E-state index in [9.17, 15) is 22.0 Å². The number of hydrogen-bond donors (Lipinski definition) is 0. The van der Waals surface area contributed by atoms with Crippen LogP contribution < -0.4 is 0 Å². The topological polar surface area (TPSA) is 52.8 Å². The van der Waals surface area contributed by atoms with E-state index in [-0.39, 0.29) is 17.7 Å². The lowest BCUT2D eigenvalue weighted by Crippen LogP contribution is -2.34. The maximum absolute atomic E-state index is 14.2. The summed E-state index contributed by atoms with van der Waals surface area (Å²) in [6, 6.07) is 13.6. The maximum Gasteiger partial charge on any atom is 0.453 e. The first-order valence-electron chi connectivity index (χ1n) is 11.1. The Morgan fingerprint density at radius 3 is 2.32 bits per heavy atom. The summed E-state index contributed by atoms with van der Waals surface area (Å²) in [6.45, 7) is 1.04. The molecule has 0 atom stereocenters. The predicted molar refractivity (Wildman–Crippen MR) is 115 cm³/mol. The minimum absolute atomic E-state index is 0.0328. The van der Waals surface area contributed by atoms with E-state index in [1.807, 2.05) is 18.2 Å². The van der Waals surface area contributed by atoms with Gasteiger partial charge in [-0.1, -0.05) is 49.6 Å². The number of nitrogens with zero attached hydrogens (tertiary/aromatic N) is 4. The van der Waals surface area contributed by atoms with Gasteiger partial charge in [0.1, 0.15) is 0 Å². The molecule has 34 heavy (non-hydrogen) atoms. The van der Waals surface area contributed by atoms with E-state index in [1.165, 1.54) is 17.7 Å². The van der Waals surface area contributed by atoms with Crippen LogP contribution in [0.25, 0.3) is 5.69 Å². The fourth-order valence-corrected chi connectivity index (χ4v) is 4.57. The highest BCUT2D eigenvalue weighted by Gasteiger charge is 2.39. The molecule has 1 aromatic heterocycles. The molecule has 0 saturated heterocycles. The fraction of sp³-hybridized carbons (Fsp3) is 0.458. The van der Waals surface area contributed by atoms with Crippen molar-refractivity contribution in [2.45, 2.75) is 63.1 Å². The van der Waals surface area contributed by atoms with Crippen LogP contribution in [0.3, 0.4) is 0 Å². The van der Waals surface area contributed by atoms with Crippen molar-refractivity contribution >= 4 is 0 Å². The Labute approximate surface area is 193 Å². The van der Waals surface area contributed by atoms with Gasteiger partial charge >= 0.3 is 6.18 Å². The smallest absolute Gasteiger partial charge is 0.376 e. The Hall–Kier alpha value is -2.88. The highest BCUT2D eigenvalue weighted by molar-refractivity contribution is 5.41. The summed E-state index contributed by atoms with van der Waals surface area (Å²) < 4.78 is 74.6. The number of rotatable bonds is 7. The lowest BCUT2D eigenvalue weighted by Gasteiger charge is -2.37. The first-order chi connectivity index (χ1) is 16.1. The molecule has 1 aliphatic carbocycles. The van der Waals surface area contributed by atoms with E-state index in [2.05, 4.69) is 27.7 Å². The summed E-state index contributed by atoms with van der Waals surface area (Å²) in [7, 11) is 0. The van der Waals surface area contributed by atoms with Crippen LogP contribution in [-0.4, -0.2) is 26.8 Å². The van der Waals surface area contributed by atoms with Gasteiger partial charge in [-0.3, -0.25) is 0 Å². The Morgan fingerprint density at radius 2 is 1.68 bits per heavy atom. The zero-order valence-corrected chi connectivity index (χ0v) is 18.7. The van der Waals surface area contributed by atoms with Gasteiger partial charge in [-0.15, -0.1) is 5.10 Å². The van der Waals surface area contributed by atoms with Crippen molar-refractivity contribution in [3.8, 4) is 5.69 Å². The molecule has 0 N–H and O–H groups in total. The molecule has 2 aromatic carbocycles. The normalized spacial score (nSPS) is 16.5. The summed E-state index contributed by atoms with van der Waals surface area (Å²) >= 11 is 0. The molecule has 0 unspecified atom stereocenters. The largest absolute Gasteiger partial charge is 0.453 e. The average molecular weight is 480 g/mol. The van der Waals surface area contributed by atoms with Gasteiger partial charge in [-0.25, -0.2) is 8.78 Å². The van der Waals surface area contributed by atoms with Crippen LogP contribution >= 0.6 is 0 Å². The standard InChI is InChI=1S/C24H25F5N4O/c1-22(25,26)19-12-17(13-20(14-19)33-21(24(27,28)29)30-31-32-33)15-34-16-23(10-6-3-7-11-23)18-8-4-2-5-9-18/h2,4-5,8-9,12-14H,3,6-7,10-11,15-16H2,1H3. The highest BCUT2D eigenvalue weighted by atomic mass is 19.4. The third-order valence-electron chi connectivity index (χ3n) is 6.30. The van der Waals surface area contributed by atoms with Gasteiger partial charge in [0.25, 0.3) is 11.7 Å². The van der Waals surface area contributed by atoms with Crippen molar-refractivity contribution in [3.63, 3.8) is 0 Å². The highest BCUT2D eigenvalue weighted by Crippen LogP contribution is 2.40. The lowest BCUT2D eigenvalue weighted by atomic mass is 9.70. The van der Waals surface area contributed by atoms with Crippen molar-refractivity contribution in [2.75, 3.05) is 6.61 Å². The molecule has 10 heteroatoms. The van der Waals surface area contributed by atoms with Gasteiger partial charge in [-0.05, 0) is 52.6 Å². The minimum Gasteiger partial charge on any atom is -0.376 e. The van der Waals surface area contributed by atoms with Crippen LogP contribution in [0.1, 0.15) is 61.5 Å². The quantitative estimate of drug-likeness (QED) is 0.377. The Morgan fingerprint density at radius 1 is 0.971 bits per heavy atom. The number of halogens is 5. The van der Waals surface area contributed by atoms with Crippen molar-refractivity contribution in [1.29, 1.82) is 0 Å². The molecule has 0 aliphatic heterocycles. The fourth-order valence-electron chi connectivity index (χ4n) is 4.57. The summed E-state index contributed by atoms with van der Waals surface area (Å²) in [4.78, 5) is 0. The van der Waals surface area contributed by atoms with Crippen molar-refractivity contribution in [2.24, 2.45) is 0 Å². The minimum atomic E-state index is -4.84. The summed E-state index contributed by atoms with van der Waals surface area (Å²) in [5.74, 6) is -4.66. The van der Waals surface area contributed by atoms with Crippen LogP contribution in [0, 0.1) is 0 Å². The van der Waals surface area contributed by atoms with Crippen LogP contribution in [0.5, 0.6) is 0 Å². The SMILES string of the molecule is CC(F)(F)c1cc(COCC2(c3ccccc3)CCCCC2)cc(-n2nnnc2C(F)(F)F)c1. The Balaban J connectivity index is 1.61. The van der Waals surface area contributed by atoms with Crippen molar-refractivity contribution in [1.82, 2.24) is 20.2 Å². The number of alkyl halides is 5. The third-order valence-corrected chi connectivity index (χ3v) is 6.30. The molecule has 4 rings (SSSR count). The van der Waals surface area contributed by atoms with Gasteiger partial charge in [0.2, 0.25) is 0 Å². The van der Waals surface area contributed by atoms with E-state index >= 15 is 0 Å². The molecule has 5 nitrogen and oxygen atoms in total. The number of benzene rings is 2. The van der Waals surface area contributed by atoms with E-state index < -0.39 is 23.5 Å². The number of ether oxygens (including phenoxy) is 1. The molecule has 3 aromatic rings. The molecule has 1 saturated carbocycles. The molecule has 0 spiro atoms. The van der Waals surface area contributed by atoms with Gasteiger partial charge in [-0.2, -0.15) is 17.9 Å². The van der Waals surface area contributed by atoms with Crippen LogP contribution in [0.2, 0.25) is 0 Å². The van der Waals surface area contributed by atoms with E-state index in [0.717, 1.165) is 38.2 Å². The van der Waals surface area contributed by atoms with Crippen molar-refractivity contribution < 1.29 is 26.7 Å². The number of tetrazole rings is 1. The molecule has 1 heterocycles. The Bertz CT molecular complexity index is 1100. The zero-order valence-electron chi connectivity index (χ0n) is 18.7. The second kappa shape index (κ2) is 9.40. The van der Waals surface area contributed by atoms with E-state index in [1.54, 1.807) is 0 Å². The summed E-state index contributed by atoms with van der Waals surface area (Å²) in [5, 5.41) is 9.46. The number of hydrogen-bond acceptors (Lipinski definition) is 4. The molecule has 1 aliphatic rings. The van der Waals surface area contributed by atoms with Gasteiger partial charge < -0.3 is 4.74 Å². The van der Waals surface area contributed by atoms with E-state index in [0.29, 0.717) is 23.8 Å². The maximum atomic E-state index is 14.2. The molecule has 182 valence electrons. The molecular formula is C24H25F5N4O. The second-order valence-corrected chi connectivity index (χ2v) is 8.89. The van der Waals surface area contributed by atoms with Crippen LogP contribution in [0.15, 0.2) is 48.5 Å². The van der Waals surface area contributed by atoms with Crippen LogP contribution in [0.4, 0.5) is 22.0 Å². The zero-order chi connectivity index (χ0) is 24.4. The molecule has 1 fully saturated rings. The first kappa shape index (κ1) is 24.3. The van der Waals surface area contributed by atoms with Gasteiger partial charge in [0.05, 0.1) is 18.9 Å². The molecule has 0 radical (unpaired) electrons. The van der Waals surface area contributed by atoms with Crippen LogP contribution in [-0.2, 0) is 28.9 Å². The number of aromatic nitrogens is 4. The third kappa shape index (κ3) is 5.27.